The number of fused-ring (bicyclic) bond motifs is 1. The smallest absolute Gasteiger partial charge is 0.231 e. The third kappa shape index (κ3) is 1.75. The SMILES string of the molecule is CC1C(=O)Nc2cccc(C3CCCNC3)c21. The van der Waals surface area contributed by atoms with E-state index in [1.165, 1.54) is 24.0 Å². The van der Waals surface area contributed by atoms with Crippen LogP contribution in [0.5, 0.6) is 0 Å². The van der Waals surface area contributed by atoms with Crippen LogP contribution in [-0.4, -0.2) is 19.0 Å². The Bertz CT molecular complexity index is 450. The van der Waals surface area contributed by atoms with Crippen molar-refractivity contribution in [2.45, 2.75) is 31.6 Å². The molecular formula is C14H18N2O. The van der Waals surface area contributed by atoms with Gasteiger partial charge in [-0.1, -0.05) is 12.1 Å². The summed E-state index contributed by atoms with van der Waals surface area (Å²) in [4.78, 5) is 11.7. The van der Waals surface area contributed by atoms with E-state index in [1.807, 2.05) is 13.0 Å². The van der Waals surface area contributed by atoms with Gasteiger partial charge in [-0.25, -0.2) is 0 Å². The Morgan fingerprint density at radius 1 is 1.35 bits per heavy atom. The zero-order valence-electron chi connectivity index (χ0n) is 10.1. The van der Waals surface area contributed by atoms with Crippen LogP contribution in [-0.2, 0) is 4.79 Å². The van der Waals surface area contributed by atoms with Crippen molar-refractivity contribution in [2.24, 2.45) is 0 Å². The fourth-order valence-electron chi connectivity index (χ4n) is 3.02. The van der Waals surface area contributed by atoms with Crippen LogP contribution >= 0.6 is 0 Å². The fourth-order valence-corrected chi connectivity index (χ4v) is 3.02. The molecule has 3 nitrogen and oxygen atoms in total. The number of amides is 1. The maximum atomic E-state index is 11.7. The monoisotopic (exact) mass is 230 g/mol. The molecule has 0 bridgehead atoms. The van der Waals surface area contributed by atoms with E-state index in [2.05, 4.69) is 22.8 Å². The lowest BCUT2D eigenvalue weighted by molar-refractivity contribution is -0.116. The summed E-state index contributed by atoms with van der Waals surface area (Å²) in [5, 5.41) is 6.41. The quantitative estimate of drug-likeness (QED) is 0.776. The van der Waals surface area contributed by atoms with Crippen LogP contribution in [0.4, 0.5) is 5.69 Å². The Morgan fingerprint density at radius 3 is 3.00 bits per heavy atom. The van der Waals surface area contributed by atoms with Gasteiger partial charge in [0.2, 0.25) is 5.91 Å². The van der Waals surface area contributed by atoms with E-state index in [-0.39, 0.29) is 11.8 Å². The summed E-state index contributed by atoms with van der Waals surface area (Å²) >= 11 is 0. The number of rotatable bonds is 1. The van der Waals surface area contributed by atoms with Crippen LogP contribution in [0.3, 0.4) is 0 Å². The Morgan fingerprint density at radius 2 is 2.24 bits per heavy atom. The molecule has 3 rings (SSSR count). The van der Waals surface area contributed by atoms with Crippen LogP contribution in [0.25, 0.3) is 0 Å². The molecule has 1 fully saturated rings. The summed E-state index contributed by atoms with van der Waals surface area (Å²) in [6.45, 7) is 4.16. The second-order valence-corrected chi connectivity index (χ2v) is 5.06. The first-order chi connectivity index (χ1) is 8.27. The van der Waals surface area contributed by atoms with E-state index in [1.54, 1.807) is 0 Å². The van der Waals surface area contributed by atoms with Gasteiger partial charge in [0, 0.05) is 12.2 Å². The van der Waals surface area contributed by atoms with Crippen LogP contribution in [0.15, 0.2) is 18.2 Å². The molecule has 2 aliphatic rings. The summed E-state index contributed by atoms with van der Waals surface area (Å²) in [5.41, 5.74) is 3.61. The molecule has 17 heavy (non-hydrogen) atoms. The normalized spacial score (nSPS) is 27.7. The van der Waals surface area contributed by atoms with Gasteiger partial charge in [-0.3, -0.25) is 4.79 Å². The topological polar surface area (TPSA) is 41.1 Å². The van der Waals surface area contributed by atoms with E-state index < -0.39 is 0 Å². The largest absolute Gasteiger partial charge is 0.325 e. The molecule has 2 heterocycles. The summed E-state index contributed by atoms with van der Waals surface area (Å²) < 4.78 is 0. The van der Waals surface area contributed by atoms with Gasteiger partial charge < -0.3 is 10.6 Å². The molecule has 0 aromatic heterocycles. The molecule has 0 radical (unpaired) electrons. The minimum Gasteiger partial charge on any atom is -0.325 e. The minimum absolute atomic E-state index is 0.00289. The van der Waals surface area contributed by atoms with Crippen molar-refractivity contribution in [2.75, 3.05) is 18.4 Å². The number of nitrogens with one attached hydrogen (secondary N) is 2. The first kappa shape index (κ1) is 10.8. The first-order valence-corrected chi connectivity index (χ1v) is 6.42. The third-order valence-corrected chi connectivity index (χ3v) is 3.96. The number of hydrogen-bond donors (Lipinski definition) is 2. The summed E-state index contributed by atoms with van der Waals surface area (Å²) in [6.07, 6.45) is 2.45. The van der Waals surface area contributed by atoms with E-state index in [0.29, 0.717) is 5.92 Å². The Balaban J connectivity index is 2.01. The lowest BCUT2D eigenvalue weighted by Crippen LogP contribution is -2.29. The summed E-state index contributed by atoms with van der Waals surface area (Å²) in [7, 11) is 0. The van der Waals surface area contributed by atoms with Crippen molar-refractivity contribution in [1.82, 2.24) is 5.32 Å². The molecule has 0 spiro atoms. The summed E-state index contributed by atoms with van der Waals surface area (Å²) in [6, 6.07) is 6.25. The highest BCUT2D eigenvalue weighted by atomic mass is 16.2. The second-order valence-electron chi connectivity index (χ2n) is 5.06. The molecule has 2 atom stereocenters. The lowest BCUT2D eigenvalue weighted by Gasteiger charge is -2.25. The number of anilines is 1. The highest BCUT2D eigenvalue weighted by Crippen LogP contribution is 2.39. The number of hydrogen-bond acceptors (Lipinski definition) is 2. The first-order valence-electron chi connectivity index (χ1n) is 6.42. The number of carbonyl (C=O) groups excluding carboxylic acids is 1. The standard InChI is InChI=1S/C14H18N2O/c1-9-13-11(10-4-3-7-15-8-10)5-2-6-12(13)16-14(9)17/h2,5-6,9-10,15H,3-4,7-8H2,1H3,(H,16,17). The van der Waals surface area contributed by atoms with E-state index >= 15 is 0 Å². The predicted molar refractivity (Wildman–Crippen MR) is 68.3 cm³/mol. The molecule has 1 saturated heterocycles. The molecule has 2 N–H and O–H groups in total. The van der Waals surface area contributed by atoms with Crippen LogP contribution in [0.1, 0.15) is 42.7 Å². The van der Waals surface area contributed by atoms with Gasteiger partial charge in [-0.05, 0) is 49.4 Å². The number of piperidine rings is 1. The van der Waals surface area contributed by atoms with Crippen LogP contribution in [0.2, 0.25) is 0 Å². The molecular weight excluding hydrogens is 212 g/mol. The molecule has 2 unspecified atom stereocenters. The van der Waals surface area contributed by atoms with Gasteiger partial charge in [-0.15, -0.1) is 0 Å². The third-order valence-electron chi connectivity index (χ3n) is 3.96. The Labute approximate surface area is 102 Å². The summed E-state index contributed by atoms with van der Waals surface area (Å²) in [5.74, 6) is 0.702. The maximum absolute atomic E-state index is 11.7. The molecule has 0 saturated carbocycles. The van der Waals surface area contributed by atoms with E-state index in [4.69, 9.17) is 0 Å². The molecule has 1 aromatic carbocycles. The molecule has 0 aliphatic carbocycles. The van der Waals surface area contributed by atoms with Gasteiger partial charge in [-0.2, -0.15) is 0 Å². The van der Waals surface area contributed by atoms with Crippen LogP contribution in [0, 0.1) is 0 Å². The number of benzene rings is 1. The van der Waals surface area contributed by atoms with Crippen molar-refractivity contribution in [3.05, 3.63) is 29.3 Å². The maximum Gasteiger partial charge on any atom is 0.231 e. The molecule has 1 amide bonds. The van der Waals surface area contributed by atoms with Crippen molar-refractivity contribution in [1.29, 1.82) is 0 Å². The highest BCUT2D eigenvalue weighted by Gasteiger charge is 2.31. The van der Waals surface area contributed by atoms with E-state index in [0.717, 1.165) is 18.8 Å². The Hall–Kier alpha value is -1.35. The van der Waals surface area contributed by atoms with Gasteiger partial charge in [0.25, 0.3) is 0 Å². The fraction of sp³-hybridized carbons (Fsp3) is 0.500. The molecule has 90 valence electrons. The van der Waals surface area contributed by atoms with Crippen LogP contribution < -0.4 is 10.6 Å². The van der Waals surface area contributed by atoms with Gasteiger partial charge in [0.05, 0.1) is 5.92 Å². The second kappa shape index (κ2) is 4.15. The zero-order chi connectivity index (χ0) is 11.8. The zero-order valence-corrected chi connectivity index (χ0v) is 10.1. The van der Waals surface area contributed by atoms with Crippen molar-refractivity contribution < 1.29 is 4.79 Å². The predicted octanol–water partition coefficient (Wildman–Crippen LogP) is 2.21. The average Bonchev–Trinajstić information content (AvgIpc) is 2.66. The van der Waals surface area contributed by atoms with Gasteiger partial charge in [0.1, 0.15) is 0 Å². The van der Waals surface area contributed by atoms with E-state index in [9.17, 15) is 4.79 Å². The van der Waals surface area contributed by atoms with Gasteiger partial charge >= 0.3 is 0 Å². The average molecular weight is 230 g/mol. The lowest BCUT2D eigenvalue weighted by atomic mass is 9.85. The van der Waals surface area contributed by atoms with Crippen molar-refractivity contribution >= 4 is 11.6 Å². The van der Waals surface area contributed by atoms with Crippen molar-refractivity contribution in [3.63, 3.8) is 0 Å². The number of carbonyl (C=O) groups is 1. The molecule has 1 aromatic rings. The van der Waals surface area contributed by atoms with Gasteiger partial charge in [0.15, 0.2) is 0 Å². The molecule has 2 aliphatic heterocycles. The minimum atomic E-state index is 0.00289. The Kier molecular flexibility index (Phi) is 2.63. The van der Waals surface area contributed by atoms with Crippen molar-refractivity contribution in [3.8, 4) is 0 Å². The highest BCUT2D eigenvalue weighted by molar-refractivity contribution is 6.03. The molecule has 3 heteroatoms.